The first-order valence-electron chi connectivity index (χ1n) is 8.86. The van der Waals surface area contributed by atoms with Crippen LogP contribution in [0.5, 0.6) is 0 Å². The van der Waals surface area contributed by atoms with Crippen molar-refractivity contribution in [2.24, 2.45) is 0 Å². The maximum Gasteiger partial charge on any atom is 0.271 e. The highest BCUT2D eigenvalue weighted by molar-refractivity contribution is 6.02. The van der Waals surface area contributed by atoms with Gasteiger partial charge in [-0.3, -0.25) is 15.0 Å². The van der Waals surface area contributed by atoms with Crippen LogP contribution in [0.2, 0.25) is 0 Å². The second-order valence-electron chi connectivity index (χ2n) is 7.03. The first-order chi connectivity index (χ1) is 13.1. The summed E-state index contributed by atoms with van der Waals surface area (Å²) in [5, 5.41) is 9.24. The zero-order chi connectivity index (χ0) is 18.5. The Balaban J connectivity index is 1.46. The summed E-state index contributed by atoms with van der Waals surface area (Å²) in [5.74, 6) is -0.473. The zero-order valence-corrected chi connectivity index (χ0v) is 14.8. The van der Waals surface area contributed by atoms with E-state index in [1.165, 1.54) is 15.6 Å². The third-order valence-corrected chi connectivity index (χ3v) is 5.12. The van der Waals surface area contributed by atoms with E-state index in [1.54, 1.807) is 24.3 Å². The predicted octanol–water partition coefficient (Wildman–Crippen LogP) is 0.717. The summed E-state index contributed by atoms with van der Waals surface area (Å²) < 4.78 is 1.47. The number of aromatic nitrogens is 3. The summed E-state index contributed by atoms with van der Waals surface area (Å²) in [6.07, 6.45) is 3.18. The average molecular weight is 362 g/mol. The van der Waals surface area contributed by atoms with Gasteiger partial charge in [0.1, 0.15) is 11.3 Å². The van der Waals surface area contributed by atoms with Crippen LogP contribution >= 0.6 is 0 Å². The molecule has 0 spiro atoms. The highest BCUT2D eigenvalue weighted by atomic mass is 16.2. The van der Waals surface area contributed by atoms with Gasteiger partial charge in [0.15, 0.2) is 5.65 Å². The molecule has 8 nitrogen and oxygen atoms in total. The van der Waals surface area contributed by atoms with Crippen molar-refractivity contribution in [1.29, 1.82) is 0 Å². The molecule has 2 aromatic heterocycles. The minimum Gasteiger partial charge on any atom is -0.347 e. The van der Waals surface area contributed by atoms with E-state index in [2.05, 4.69) is 33.0 Å². The van der Waals surface area contributed by atoms with Gasteiger partial charge in [0.25, 0.3) is 11.8 Å². The Kier molecular flexibility index (Phi) is 3.48. The first-order valence-corrected chi connectivity index (χ1v) is 8.86. The lowest BCUT2D eigenvalue weighted by atomic mass is 10.1. The highest BCUT2D eigenvalue weighted by Gasteiger charge is 2.29. The van der Waals surface area contributed by atoms with Crippen molar-refractivity contribution in [3.8, 4) is 0 Å². The summed E-state index contributed by atoms with van der Waals surface area (Å²) in [4.78, 5) is 29.5. The molecule has 1 aliphatic carbocycles. The number of amides is 2. The monoisotopic (exact) mass is 362 g/mol. The van der Waals surface area contributed by atoms with Gasteiger partial charge < -0.3 is 5.32 Å². The van der Waals surface area contributed by atoms with Crippen molar-refractivity contribution < 1.29 is 9.59 Å². The Bertz CT molecular complexity index is 1060. The van der Waals surface area contributed by atoms with Crippen LogP contribution < -0.4 is 10.7 Å². The molecule has 0 saturated carbocycles. The number of nitrogens with zero attached hydrogens (tertiary/aromatic N) is 4. The summed E-state index contributed by atoms with van der Waals surface area (Å²) in [7, 11) is 1.77. The lowest BCUT2D eigenvalue weighted by Gasteiger charge is -2.21. The molecule has 0 saturated heterocycles. The minimum absolute atomic E-state index is 0.0535. The SMILES string of the molecule is CN1Cc2nn3c(C(=O)NC4Cc5ccccc5C4)ccnc3c2C(=O)N1. The third kappa shape index (κ3) is 2.57. The van der Waals surface area contributed by atoms with Gasteiger partial charge in [0.05, 0.1) is 12.2 Å². The van der Waals surface area contributed by atoms with E-state index in [-0.39, 0.29) is 17.9 Å². The molecule has 27 heavy (non-hydrogen) atoms. The van der Waals surface area contributed by atoms with Crippen LogP contribution in [0.1, 0.15) is 37.7 Å². The molecular formula is C19H18N6O2. The molecule has 2 amide bonds. The number of benzene rings is 1. The lowest BCUT2D eigenvalue weighted by molar-refractivity contribution is 0.0786. The van der Waals surface area contributed by atoms with Gasteiger partial charge in [-0.2, -0.15) is 5.10 Å². The van der Waals surface area contributed by atoms with Crippen molar-refractivity contribution in [2.75, 3.05) is 7.05 Å². The van der Waals surface area contributed by atoms with Crippen LogP contribution in [0.15, 0.2) is 36.5 Å². The number of carbonyl (C=O) groups excluding carboxylic acids is 2. The smallest absolute Gasteiger partial charge is 0.271 e. The van der Waals surface area contributed by atoms with Crippen molar-refractivity contribution in [3.05, 3.63) is 64.6 Å². The Hall–Kier alpha value is -3.26. The van der Waals surface area contributed by atoms with E-state index in [4.69, 9.17) is 0 Å². The van der Waals surface area contributed by atoms with Crippen LogP contribution in [0.4, 0.5) is 0 Å². The largest absolute Gasteiger partial charge is 0.347 e. The maximum atomic E-state index is 12.9. The molecule has 3 aromatic rings. The summed E-state index contributed by atoms with van der Waals surface area (Å²) in [6, 6.07) is 9.92. The van der Waals surface area contributed by atoms with Crippen molar-refractivity contribution >= 4 is 17.5 Å². The molecule has 5 rings (SSSR count). The normalized spacial score (nSPS) is 16.9. The summed E-state index contributed by atoms with van der Waals surface area (Å²) in [5.41, 5.74) is 7.10. The zero-order valence-electron chi connectivity index (χ0n) is 14.8. The number of hydrogen-bond donors (Lipinski definition) is 2. The van der Waals surface area contributed by atoms with Crippen molar-refractivity contribution in [1.82, 2.24) is 30.3 Å². The van der Waals surface area contributed by atoms with Gasteiger partial charge in [-0.15, -0.1) is 0 Å². The summed E-state index contributed by atoms with van der Waals surface area (Å²) in [6.45, 7) is 0.462. The van der Waals surface area contributed by atoms with E-state index in [9.17, 15) is 9.59 Å². The molecular weight excluding hydrogens is 344 g/mol. The fourth-order valence-corrected chi connectivity index (χ4v) is 3.92. The van der Waals surface area contributed by atoms with E-state index in [1.807, 2.05) is 12.1 Å². The van der Waals surface area contributed by atoms with Crippen molar-refractivity contribution in [3.63, 3.8) is 0 Å². The molecule has 0 atom stereocenters. The quantitative estimate of drug-likeness (QED) is 0.701. The highest BCUT2D eigenvalue weighted by Crippen LogP contribution is 2.23. The van der Waals surface area contributed by atoms with Gasteiger partial charge in [0.2, 0.25) is 0 Å². The minimum atomic E-state index is -0.259. The lowest BCUT2D eigenvalue weighted by Crippen LogP contribution is -2.43. The predicted molar refractivity (Wildman–Crippen MR) is 97.0 cm³/mol. The van der Waals surface area contributed by atoms with E-state index in [0.29, 0.717) is 29.1 Å². The van der Waals surface area contributed by atoms with Gasteiger partial charge in [-0.1, -0.05) is 24.3 Å². The fourth-order valence-electron chi connectivity index (χ4n) is 3.92. The van der Waals surface area contributed by atoms with Gasteiger partial charge >= 0.3 is 0 Å². The molecule has 2 aliphatic rings. The van der Waals surface area contributed by atoms with Crippen LogP contribution in [-0.4, -0.2) is 44.5 Å². The topological polar surface area (TPSA) is 91.6 Å². The van der Waals surface area contributed by atoms with Crippen molar-refractivity contribution in [2.45, 2.75) is 25.4 Å². The molecule has 0 radical (unpaired) electrons. The number of nitrogens with one attached hydrogen (secondary N) is 2. The van der Waals surface area contributed by atoms with E-state index < -0.39 is 0 Å². The first kappa shape index (κ1) is 16.0. The molecule has 1 aromatic carbocycles. The Morgan fingerprint density at radius 2 is 1.96 bits per heavy atom. The van der Waals surface area contributed by atoms with Crippen LogP contribution in [0, 0.1) is 0 Å². The van der Waals surface area contributed by atoms with E-state index in [0.717, 1.165) is 12.8 Å². The molecule has 0 fully saturated rings. The van der Waals surface area contributed by atoms with Gasteiger partial charge in [-0.05, 0) is 30.0 Å². The second-order valence-corrected chi connectivity index (χ2v) is 7.03. The van der Waals surface area contributed by atoms with Crippen LogP contribution in [0.3, 0.4) is 0 Å². The molecule has 136 valence electrons. The Labute approximate surface area is 155 Å². The molecule has 2 N–H and O–H groups in total. The van der Waals surface area contributed by atoms with E-state index >= 15 is 0 Å². The number of rotatable bonds is 2. The Morgan fingerprint density at radius 1 is 1.22 bits per heavy atom. The third-order valence-electron chi connectivity index (χ3n) is 5.12. The molecule has 8 heteroatoms. The fraction of sp³-hybridized carbons (Fsp3) is 0.263. The number of hydrogen-bond acceptors (Lipinski definition) is 5. The second kappa shape index (κ2) is 5.88. The maximum absolute atomic E-state index is 12.9. The summed E-state index contributed by atoms with van der Waals surface area (Å²) >= 11 is 0. The van der Waals surface area contributed by atoms with Crippen LogP contribution in [-0.2, 0) is 19.4 Å². The number of carbonyl (C=O) groups is 2. The van der Waals surface area contributed by atoms with Gasteiger partial charge in [0, 0.05) is 19.3 Å². The van der Waals surface area contributed by atoms with Crippen LogP contribution in [0.25, 0.3) is 5.65 Å². The molecule has 3 heterocycles. The molecule has 0 bridgehead atoms. The van der Waals surface area contributed by atoms with Gasteiger partial charge in [-0.25, -0.2) is 14.5 Å². The molecule has 0 unspecified atom stereocenters. The number of hydrazine groups is 1. The molecule has 1 aliphatic heterocycles. The standard InChI is InChI=1S/C19H18N6O2/c1-24-10-14-16(19(27)23-24)17-20-7-6-15(25(17)22-14)18(26)21-13-8-11-4-2-3-5-12(11)9-13/h2-7,13H,8-10H2,1H3,(H,21,26)(H,23,27). The average Bonchev–Trinajstić information content (AvgIpc) is 3.21. The number of fused-ring (bicyclic) bond motifs is 4. The Morgan fingerprint density at radius 3 is 2.70 bits per heavy atom.